The van der Waals surface area contributed by atoms with Crippen LogP contribution in [0.15, 0.2) is 30.3 Å². The molecule has 0 bridgehead atoms. The second kappa shape index (κ2) is 7.97. The molecule has 1 N–H and O–H groups in total. The Morgan fingerprint density at radius 2 is 1.67 bits per heavy atom. The Hall–Kier alpha value is -2.34. The second-order valence-corrected chi connectivity index (χ2v) is 5.26. The predicted molar refractivity (Wildman–Crippen MR) is 87.7 cm³/mol. The minimum atomic E-state index is -0.469. The molecule has 24 heavy (non-hydrogen) atoms. The van der Waals surface area contributed by atoms with Crippen molar-refractivity contribution in [1.29, 1.82) is 0 Å². The Morgan fingerprint density at radius 1 is 0.958 bits per heavy atom. The molecule has 1 atom stereocenters. The summed E-state index contributed by atoms with van der Waals surface area (Å²) >= 11 is 0. The molecule has 0 aliphatic heterocycles. The van der Waals surface area contributed by atoms with Crippen molar-refractivity contribution in [2.75, 3.05) is 21.3 Å². The van der Waals surface area contributed by atoms with Gasteiger partial charge in [0.15, 0.2) is 11.5 Å². The summed E-state index contributed by atoms with van der Waals surface area (Å²) in [6, 6.07) is 6.65. The topological polar surface area (TPSA) is 39.7 Å². The van der Waals surface area contributed by atoms with Crippen LogP contribution in [0.2, 0.25) is 0 Å². The lowest BCUT2D eigenvalue weighted by atomic mass is 10.1. The maximum absolute atomic E-state index is 13.8. The summed E-state index contributed by atoms with van der Waals surface area (Å²) in [5.41, 5.74) is 1.09. The van der Waals surface area contributed by atoms with Gasteiger partial charge >= 0.3 is 0 Å². The van der Waals surface area contributed by atoms with Gasteiger partial charge in [-0.25, -0.2) is 8.78 Å². The number of nitrogens with one attached hydrogen (secondary N) is 1. The van der Waals surface area contributed by atoms with E-state index in [4.69, 9.17) is 14.2 Å². The first kappa shape index (κ1) is 18.0. The first-order valence-electron chi connectivity index (χ1n) is 7.48. The van der Waals surface area contributed by atoms with E-state index in [9.17, 15) is 8.78 Å². The third-order valence-electron chi connectivity index (χ3n) is 3.81. The maximum Gasteiger partial charge on any atom is 0.203 e. The quantitative estimate of drug-likeness (QED) is 0.833. The van der Waals surface area contributed by atoms with Gasteiger partial charge in [-0.2, -0.15) is 0 Å². The van der Waals surface area contributed by atoms with Crippen LogP contribution in [0.3, 0.4) is 0 Å². The minimum absolute atomic E-state index is 0.273. The molecule has 0 amide bonds. The fourth-order valence-electron chi connectivity index (χ4n) is 2.52. The zero-order chi connectivity index (χ0) is 17.7. The van der Waals surface area contributed by atoms with Crippen LogP contribution in [0, 0.1) is 11.6 Å². The number of benzene rings is 2. The fourth-order valence-corrected chi connectivity index (χ4v) is 2.52. The summed E-state index contributed by atoms with van der Waals surface area (Å²) in [7, 11) is 4.61. The summed E-state index contributed by atoms with van der Waals surface area (Å²) in [6.07, 6.45) is 0. The summed E-state index contributed by atoms with van der Waals surface area (Å²) < 4.78 is 43.2. The largest absolute Gasteiger partial charge is 0.493 e. The molecular formula is C18H21F2NO3. The van der Waals surface area contributed by atoms with Crippen molar-refractivity contribution in [3.05, 3.63) is 53.1 Å². The van der Waals surface area contributed by atoms with E-state index in [1.165, 1.54) is 20.3 Å². The lowest BCUT2D eigenvalue weighted by Gasteiger charge is -2.19. The molecule has 6 heteroatoms. The number of ether oxygens (including phenoxy) is 3. The molecule has 0 aromatic heterocycles. The lowest BCUT2D eigenvalue weighted by Crippen LogP contribution is -2.20. The molecule has 0 fully saturated rings. The van der Waals surface area contributed by atoms with Gasteiger partial charge in [0.1, 0.15) is 11.6 Å². The highest BCUT2D eigenvalue weighted by Crippen LogP contribution is 2.39. The highest BCUT2D eigenvalue weighted by molar-refractivity contribution is 5.55. The first-order chi connectivity index (χ1) is 11.5. The van der Waals surface area contributed by atoms with Crippen LogP contribution in [0.5, 0.6) is 17.2 Å². The van der Waals surface area contributed by atoms with Crippen molar-refractivity contribution >= 4 is 0 Å². The average Bonchev–Trinajstić information content (AvgIpc) is 2.60. The summed E-state index contributed by atoms with van der Waals surface area (Å²) in [5.74, 6) is 0.668. The predicted octanol–water partition coefficient (Wildman–Crippen LogP) is 3.84. The Morgan fingerprint density at radius 3 is 2.29 bits per heavy atom. The van der Waals surface area contributed by atoms with Crippen LogP contribution >= 0.6 is 0 Å². The first-order valence-corrected chi connectivity index (χ1v) is 7.48. The van der Waals surface area contributed by atoms with Gasteiger partial charge in [-0.1, -0.05) is 6.07 Å². The Bertz CT molecular complexity index is 707. The Labute approximate surface area is 140 Å². The molecule has 0 aliphatic carbocycles. The van der Waals surface area contributed by atoms with Crippen molar-refractivity contribution in [3.8, 4) is 17.2 Å². The molecule has 0 saturated heterocycles. The van der Waals surface area contributed by atoms with E-state index < -0.39 is 11.6 Å². The van der Waals surface area contributed by atoms with Crippen molar-refractivity contribution in [2.45, 2.75) is 19.5 Å². The number of methoxy groups -OCH3 is 3. The van der Waals surface area contributed by atoms with E-state index in [1.54, 1.807) is 20.1 Å². The van der Waals surface area contributed by atoms with Gasteiger partial charge in [0.25, 0.3) is 0 Å². The molecule has 130 valence electrons. The van der Waals surface area contributed by atoms with Crippen LogP contribution in [0.4, 0.5) is 8.78 Å². The van der Waals surface area contributed by atoms with Gasteiger partial charge in [0.2, 0.25) is 5.75 Å². The number of halogens is 2. The molecule has 0 saturated carbocycles. The molecule has 0 heterocycles. The molecule has 0 unspecified atom stereocenters. The van der Waals surface area contributed by atoms with Gasteiger partial charge in [0, 0.05) is 23.7 Å². The van der Waals surface area contributed by atoms with Gasteiger partial charge in [-0.05, 0) is 31.2 Å². The van der Waals surface area contributed by atoms with Crippen LogP contribution in [0.25, 0.3) is 0 Å². The van der Waals surface area contributed by atoms with Gasteiger partial charge in [-0.3, -0.25) is 0 Å². The normalized spacial score (nSPS) is 11.9. The minimum Gasteiger partial charge on any atom is -0.493 e. The third kappa shape index (κ3) is 3.76. The molecule has 2 rings (SSSR count). The van der Waals surface area contributed by atoms with Crippen molar-refractivity contribution in [1.82, 2.24) is 5.32 Å². The summed E-state index contributed by atoms with van der Waals surface area (Å²) in [6.45, 7) is 2.16. The van der Waals surface area contributed by atoms with Crippen molar-refractivity contribution < 1.29 is 23.0 Å². The molecule has 2 aromatic carbocycles. The highest BCUT2D eigenvalue weighted by atomic mass is 19.1. The van der Waals surface area contributed by atoms with Gasteiger partial charge < -0.3 is 19.5 Å². The highest BCUT2D eigenvalue weighted by Gasteiger charge is 2.17. The number of hydrogen-bond acceptors (Lipinski definition) is 4. The lowest BCUT2D eigenvalue weighted by molar-refractivity contribution is 0.321. The fraction of sp³-hybridized carbons (Fsp3) is 0.333. The number of rotatable bonds is 7. The van der Waals surface area contributed by atoms with E-state index in [1.807, 2.05) is 6.07 Å². The standard InChI is InChI=1S/C18H21F2NO3/c1-11(14-9-13(19)6-7-15(14)20)21-10-12-5-8-16(22-2)18(24-4)17(12)23-3/h5-9,11,21H,10H2,1-4H3/t11-/m1/s1. The second-order valence-electron chi connectivity index (χ2n) is 5.26. The van der Waals surface area contributed by atoms with Crippen LogP contribution in [-0.4, -0.2) is 21.3 Å². The molecular weight excluding hydrogens is 316 g/mol. The SMILES string of the molecule is COc1ccc(CN[C@H](C)c2cc(F)ccc2F)c(OC)c1OC. The van der Waals surface area contributed by atoms with E-state index in [2.05, 4.69) is 5.32 Å². The zero-order valence-corrected chi connectivity index (χ0v) is 14.2. The zero-order valence-electron chi connectivity index (χ0n) is 14.2. The van der Waals surface area contributed by atoms with E-state index >= 15 is 0 Å². The summed E-state index contributed by atoms with van der Waals surface area (Å²) in [5, 5.41) is 3.16. The third-order valence-corrected chi connectivity index (χ3v) is 3.81. The average molecular weight is 337 g/mol. The van der Waals surface area contributed by atoms with E-state index in [-0.39, 0.29) is 11.6 Å². The van der Waals surface area contributed by atoms with Gasteiger partial charge in [0.05, 0.1) is 21.3 Å². The van der Waals surface area contributed by atoms with Gasteiger partial charge in [-0.15, -0.1) is 0 Å². The van der Waals surface area contributed by atoms with Crippen LogP contribution in [-0.2, 0) is 6.54 Å². The maximum atomic E-state index is 13.8. The molecule has 2 aromatic rings. The number of hydrogen-bond donors (Lipinski definition) is 1. The van der Waals surface area contributed by atoms with Crippen LogP contribution in [0.1, 0.15) is 24.1 Å². The monoisotopic (exact) mass is 337 g/mol. The molecule has 0 aliphatic rings. The molecule has 0 radical (unpaired) electrons. The summed E-state index contributed by atoms with van der Waals surface area (Å²) in [4.78, 5) is 0. The Kier molecular flexibility index (Phi) is 5.98. The smallest absolute Gasteiger partial charge is 0.203 e. The molecule has 0 spiro atoms. The Balaban J connectivity index is 2.21. The molecule has 4 nitrogen and oxygen atoms in total. The van der Waals surface area contributed by atoms with Crippen molar-refractivity contribution in [2.24, 2.45) is 0 Å². The van der Waals surface area contributed by atoms with Crippen LogP contribution < -0.4 is 19.5 Å². The van der Waals surface area contributed by atoms with E-state index in [0.717, 1.165) is 17.7 Å². The van der Waals surface area contributed by atoms with E-state index in [0.29, 0.717) is 23.8 Å². The van der Waals surface area contributed by atoms with Crippen molar-refractivity contribution in [3.63, 3.8) is 0 Å².